The molecule has 1 aliphatic heterocycles. The highest BCUT2D eigenvalue weighted by atomic mass is 79.9. The summed E-state index contributed by atoms with van der Waals surface area (Å²) in [4.78, 5) is 0. The minimum absolute atomic E-state index is 0.749. The molecular weight excluding hydrogens is 249 g/mol. The number of halogens is 1. The molecule has 4 heteroatoms. The van der Waals surface area contributed by atoms with Crippen molar-refractivity contribution in [1.29, 1.82) is 0 Å². The van der Waals surface area contributed by atoms with E-state index in [9.17, 15) is 0 Å². The third-order valence-corrected chi connectivity index (χ3v) is 3.11. The van der Waals surface area contributed by atoms with Crippen LogP contribution in [0.4, 0.5) is 0 Å². The average molecular weight is 260 g/mol. The average Bonchev–Trinajstić information content (AvgIpc) is 2.27. The molecule has 0 amide bonds. The number of ether oxygens (including phenoxy) is 1. The molecule has 1 aromatic carbocycles. The molecule has 13 heavy (non-hydrogen) atoms. The molecule has 1 aromatic rings. The molecular formula is C9H11BrNOP. The van der Waals surface area contributed by atoms with E-state index in [1.807, 2.05) is 12.1 Å². The Labute approximate surface area is 88.6 Å². The highest BCUT2D eigenvalue weighted by Crippen LogP contribution is 2.31. The maximum atomic E-state index is 5.65. The molecule has 0 N–H and O–H groups in total. The van der Waals surface area contributed by atoms with Crippen molar-refractivity contribution < 1.29 is 4.74 Å². The van der Waals surface area contributed by atoms with Crippen LogP contribution in [0.25, 0.3) is 0 Å². The zero-order valence-corrected chi connectivity index (χ0v) is 9.90. The van der Waals surface area contributed by atoms with Crippen LogP contribution in [0, 0.1) is 0 Å². The fraction of sp³-hybridized carbons (Fsp3) is 0.333. The summed E-state index contributed by atoms with van der Waals surface area (Å²) in [6.45, 7) is 2.63. The highest BCUT2D eigenvalue weighted by Gasteiger charge is 2.13. The Hall–Kier alpha value is -0.110. The van der Waals surface area contributed by atoms with E-state index in [2.05, 4.69) is 36.1 Å². The van der Waals surface area contributed by atoms with Crippen molar-refractivity contribution >= 4 is 25.3 Å². The van der Waals surface area contributed by atoms with Crippen LogP contribution in [-0.2, 0) is 6.54 Å². The van der Waals surface area contributed by atoms with Crippen LogP contribution in [0.1, 0.15) is 5.56 Å². The highest BCUT2D eigenvalue weighted by molar-refractivity contribution is 9.10. The minimum atomic E-state index is 0.749. The number of nitrogens with zero attached hydrogens (tertiary/aromatic N) is 1. The SMILES string of the molecule is PN1CCOc2c(Br)cccc2C1. The first-order valence-corrected chi connectivity index (χ1v) is 5.48. The summed E-state index contributed by atoms with van der Waals surface area (Å²) in [5.41, 5.74) is 1.24. The van der Waals surface area contributed by atoms with Gasteiger partial charge in [0.25, 0.3) is 0 Å². The Morgan fingerprint density at radius 1 is 1.46 bits per heavy atom. The lowest BCUT2D eigenvalue weighted by molar-refractivity contribution is 0.300. The van der Waals surface area contributed by atoms with Crippen molar-refractivity contribution in [2.75, 3.05) is 13.2 Å². The second kappa shape index (κ2) is 3.95. The van der Waals surface area contributed by atoms with E-state index in [1.165, 1.54) is 5.56 Å². The van der Waals surface area contributed by atoms with Gasteiger partial charge < -0.3 is 4.74 Å². The first-order chi connectivity index (χ1) is 6.27. The van der Waals surface area contributed by atoms with E-state index in [-0.39, 0.29) is 0 Å². The summed E-state index contributed by atoms with van der Waals surface area (Å²) >= 11 is 3.49. The number of rotatable bonds is 0. The molecule has 1 unspecified atom stereocenters. The minimum Gasteiger partial charge on any atom is -0.491 e. The van der Waals surface area contributed by atoms with E-state index in [1.54, 1.807) is 0 Å². The molecule has 0 saturated carbocycles. The number of fused-ring (bicyclic) bond motifs is 1. The van der Waals surface area contributed by atoms with Gasteiger partial charge in [-0.15, -0.1) is 0 Å². The Morgan fingerprint density at radius 2 is 2.31 bits per heavy atom. The molecule has 2 nitrogen and oxygen atoms in total. The first kappa shape index (κ1) is 9.45. The van der Waals surface area contributed by atoms with Gasteiger partial charge in [-0.1, -0.05) is 21.5 Å². The number of para-hydroxylation sites is 1. The molecule has 0 aliphatic carbocycles. The molecule has 1 aliphatic rings. The molecule has 1 atom stereocenters. The van der Waals surface area contributed by atoms with Crippen LogP contribution >= 0.6 is 25.3 Å². The van der Waals surface area contributed by atoms with E-state index < -0.39 is 0 Å². The smallest absolute Gasteiger partial charge is 0.138 e. The molecule has 0 fully saturated rings. The van der Waals surface area contributed by atoms with Crippen LogP contribution in [-0.4, -0.2) is 17.8 Å². The van der Waals surface area contributed by atoms with Gasteiger partial charge in [0.15, 0.2) is 0 Å². The fourth-order valence-electron chi connectivity index (χ4n) is 1.40. The summed E-state index contributed by atoms with van der Waals surface area (Å²) in [6, 6.07) is 6.15. The lowest BCUT2D eigenvalue weighted by Crippen LogP contribution is -2.14. The van der Waals surface area contributed by atoms with E-state index in [0.29, 0.717) is 0 Å². The van der Waals surface area contributed by atoms with E-state index >= 15 is 0 Å². The Kier molecular flexibility index (Phi) is 2.87. The van der Waals surface area contributed by atoms with Gasteiger partial charge in [-0.25, -0.2) is 0 Å². The number of hydrogen-bond acceptors (Lipinski definition) is 2. The fourth-order valence-corrected chi connectivity index (χ4v) is 2.23. The van der Waals surface area contributed by atoms with Gasteiger partial charge >= 0.3 is 0 Å². The molecule has 0 bridgehead atoms. The zero-order chi connectivity index (χ0) is 9.26. The van der Waals surface area contributed by atoms with E-state index in [4.69, 9.17) is 4.74 Å². The van der Waals surface area contributed by atoms with Crippen molar-refractivity contribution in [1.82, 2.24) is 4.67 Å². The maximum Gasteiger partial charge on any atom is 0.138 e. The molecule has 0 aromatic heterocycles. The molecule has 1 heterocycles. The maximum absolute atomic E-state index is 5.65. The predicted molar refractivity (Wildman–Crippen MR) is 59.8 cm³/mol. The molecule has 0 radical (unpaired) electrons. The normalized spacial score (nSPS) is 17.4. The Bertz CT molecular complexity index is 318. The molecule has 70 valence electrons. The van der Waals surface area contributed by atoms with Gasteiger partial charge in [0.05, 0.1) is 4.47 Å². The van der Waals surface area contributed by atoms with Gasteiger partial charge in [-0.05, 0) is 22.0 Å². The van der Waals surface area contributed by atoms with Crippen LogP contribution in [0.2, 0.25) is 0 Å². The molecule has 0 saturated heterocycles. The summed E-state index contributed by atoms with van der Waals surface area (Å²) in [5.74, 6) is 0.993. The van der Waals surface area contributed by atoms with Crippen LogP contribution in [0.3, 0.4) is 0 Å². The van der Waals surface area contributed by atoms with Crippen molar-refractivity contribution in [2.45, 2.75) is 6.54 Å². The predicted octanol–water partition coefficient (Wildman–Crippen LogP) is 2.43. The second-order valence-corrected chi connectivity index (χ2v) is 4.63. The van der Waals surface area contributed by atoms with Crippen molar-refractivity contribution in [3.05, 3.63) is 28.2 Å². The summed E-state index contributed by atoms with van der Waals surface area (Å²) < 4.78 is 8.87. The molecule has 2 rings (SSSR count). The van der Waals surface area contributed by atoms with Gasteiger partial charge in [0.2, 0.25) is 0 Å². The van der Waals surface area contributed by atoms with Crippen molar-refractivity contribution in [2.24, 2.45) is 0 Å². The number of hydrogen-bond donors (Lipinski definition) is 0. The Morgan fingerprint density at radius 3 is 3.15 bits per heavy atom. The molecule has 0 spiro atoms. The zero-order valence-electron chi connectivity index (χ0n) is 7.16. The van der Waals surface area contributed by atoms with Gasteiger partial charge in [-0.2, -0.15) is 0 Å². The number of benzene rings is 1. The largest absolute Gasteiger partial charge is 0.491 e. The van der Waals surface area contributed by atoms with Crippen molar-refractivity contribution in [3.63, 3.8) is 0 Å². The third-order valence-electron chi connectivity index (χ3n) is 2.05. The lowest BCUT2D eigenvalue weighted by atomic mass is 10.2. The topological polar surface area (TPSA) is 12.5 Å². The van der Waals surface area contributed by atoms with Crippen LogP contribution < -0.4 is 4.74 Å². The van der Waals surface area contributed by atoms with Crippen molar-refractivity contribution in [3.8, 4) is 5.75 Å². The van der Waals surface area contributed by atoms with Crippen LogP contribution in [0.15, 0.2) is 22.7 Å². The Balaban J connectivity index is 2.39. The van der Waals surface area contributed by atoms with Gasteiger partial charge in [-0.3, -0.25) is 4.67 Å². The summed E-state index contributed by atoms with van der Waals surface area (Å²) in [7, 11) is 2.72. The quantitative estimate of drug-likeness (QED) is 0.664. The summed E-state index contributed by atoms with van der Waals surface area (Å²) in [6.07, 6.45) is 0. The summed E-state index contributed by atoms with van der Waals surface area (Å²) in [5, 5.41) is 0. The monoisotopic (exact) mass is 259 g/mol. The second-order valence-electron chi connectivity index (χ2n) is 3.05. The lowest BCUT2D eigenvalue weighted by Gasteiger charge is -2.10. The van der Waals surface area contributed by atoms with Gasteiger partial charge in [0.1, 0.15) is 12.4 Å². The van der Waals surface area contributed by atoms with Crippen LogP contribution in [0.5, 0.6) is 5.75 Å². The van der Waals surface area contributed by atoms with E-state index in [0.717, 1.165) is 29.9 Å². The standard InChI is InChI=1S/C9H11BrNOP/c10-8-3-1-2-7-6-11(13)4-5-12-9(7)8/h1-3H,4-6,13H2. The third kappa shape index (κ3) is 2.04. The first-order valence-electron chi connectivity index (χ1n) is 4.17. The van der Waals surface area contributed by atoms with Gasteiger partial charge in [0, 0.05) is 18.7 Å².